The first-order chi connectivity index (χ1) is 16.9. The van der Waals surface area contributed by atoms with Crippen LogP contribution in [0.25, 0.3) is 11.1 Å². The van der Waals surface area contributed by atoms with Crippen LogP contribution < -0.4 is 0 Å². The predicted octanol–water partition coefficient (Wildman–Crippen LogP) is 4.86. The third-order valence-electron chi connectivity index (χ3n) is 8.88. The van der Waals surface area contributed by atoms with Crippen molar-refractivity contribution < 1.29 is 13.5 Å². The Labute approximate surface area is 211 Å². The Hall–Kier alpha value is -1.73. The molecule has 2 aromatic rings. The molecule has 3 fully saturated rings. The molecule has 3 atom stereocenters. The van der Waals surface area contributed by atoms with Crippen LogP contribution in [0.1, 0.15) is 67.6 Å². The lowest BCUT2D eigenvalue weighted by molar-refractivity contribution is -0.0554. The molecule has 5 rings (SSSR count). The van der Waals surface area contributed by atoms with Crippen molar-refractivity contribution in [1.82, 2.24) is 9.21 Å². The largest absolute Gasteiger partial charge is 0.395 e. The van der Waals surface area contributed by atoms with Crippen molar-refractivity contribution in [2.24, 2.45) is 0 Å². The van der Waals surface area contributed by atoms with Crippen LogP contribution in [-0.2, 0) is 10.0 Å². The molecule has 0 amide bonds. The van der Waals surface area contributed by atoms with Crippen LogP contribution in [0.5, 0.6) is 0 Å². The lowest BCUT2D eigenvalue weighted by Gasteiger charge is -2.57. The van der Waals surface area contributed by atoms with E-state index < -0.39 is 10.0 Å². The average Bonchev–Trinajstić information content (AvgIpc) is 2.85. The van der Waals surface area contributed by atoms with Crippen LogP contribution in [0.15, 0.2) is 42.5 Å². The summed E-state index contributed by atoms with van der Waals surface area (Å²) in [4.78, 5) is 2.37. The van der Waals surface area contributed by atoms with Crippen molar-refractivity contribution in [2.75, 3.05) is 26.2 Å². The number of aliphatic hydroxyl groups is 1. The number of hydrogen-bond acceptors (Lipinski definition) is 4. The van der Waals surface area contributed by atoms with Gasteiger partial charge in [-0.05, 0) is 73.9 Å². The number of benzene rings is 2. The minimum Gasteiger partial charge on any atom is -0.395 e. The Balaban J connectivity index is 1.40. The van der Waals surface area contributed by atoms with Gasteiger partial charge >= 0.3 is 0 Å². The molecule has 2 aliphatic heterocycles. The summed E-state index contributed by atoms with van der Waals surface area (Å²) in [5, 5.41) is 10.1. The summed E-state index contributed by atoms with van der Waals surface area (Å²) in [6.45, 7) is 6.52. The fourth-order valence-corrected chi connectivity index (χ4v) is 8.76. The normalized spacial score (nSPS) is 27.0. The molecular formula is C29H40N2O3S. The van der Waals surface area contributed by atoms with E-state index in [-0.39, 0.29) is 29.9 Å². The standard InChI is InChI=1S/C29H40N2O3S/c1-21-9-8-12-26(22(21)2)23-13-15-24(16-14-23)29-27-19-30(17-6-7-18-31(27)28(29)20-32)35(33,34)25-10-4-3-5-11-25/h8-9,12-16,25,27-29,32H,3-7,10-11,17-20H2,1-2H3/t27-,28+,29?/m0/s1. The molecule has 3 aliphatic rings. The van der Waals surface area contributed by atoms with Gasteiger partial charge in [-0.2, -0.15) is 0 Å². The van der Waals surface area contributed by atoms with E-state index >= 15 is 0 Å². The number of aliphatic hydroxyl groups excluding tert-OH is 1. The summed E-state index contributed by atoms with van der Waals surface area (Å²) >= 11 is 0. The van der Waals surface area contributed by atoms with Gasteiger partial charge in [-0.3, -0.25) is 4.90 Å². The van der Waals surface area contributed by atoms with Crippen molar-refractivity contribution >= 4 is 10.0 Å². The molecule has 2 saturated heterocycles. The van der Waals surface area contributed by atoms with Crippen LogP contribution in [0.3, 0.4) is 0 Å². The first-order valence-electron chi connectivity index (χ1n) is 13.4. The lowest BCUT2D eigenvalue weighted by Crippen LogP contribution is -2.68. The van der Waals surface area contributed by atoms with E-state index in [0.717, 1.165) is 51.5 Å². The zero-order valence-electron chi connectivity index (χ0n) is 21.2. The van der Waals surface area contributed by atoms with Gasteiger partial charge in [0.05, 0.1) is 11.9 Å². The van der Waals surface area contributed by atoms with Gasteiger partial charge in [0.2, 0.25) is 10.0 Å². The number of rotatable bonds is 5. The third kappa shape index (κ3) is 4.71. The molecule has 1 N–H and O–H groups in total. The molecule has 0 aromatic heterocycles. The molecule has 5 nitrogen and oxygen atoms in total. The van der Waals surface area contributed by atoms with Gasteiger partial charge in [0, 0.05) is 31.1 Å². The van der Waals surface area contributed by atoms with Gasteiger partial charge < -0.3 is 5.11 Å². The van der Waals surface area contributed by atoms with E-state index in [1.807, 2.05) is 4.31 Å². The van der Waals surface area contributed by atoms with Gasteiger partial charge in [-0.25, -0.2) is 12.7 Å². The van der Waals surface area contributed by atoms with E-state index in [1.54, 1.807) is 0 Å². The minimum atomic E-state index is -3.28. The molecule has 2 heterocycles. The third-order valence-corrected chi connectivity index (χ3v) is 11.2. The predicted molar refractivity (Wildman–Crippen MR) is 142 cm³/mol. The van der Waals surface area contributed by atoms with Crippen LogP contribution in [0.2, 0.25) is 0 Å². The second kappa shape index (κ2) is 10.3. The van der Waals surface area contributed by atoms with E-state index in [2.05, 4.69) is 61.2 Å². The Morgan fingerprint density at radius 2 is 1.63 bits per heavy atom. The quantitative estimate of drug-likeness (QED) is 0.642. The molecule has 0 spiro atoms. The zero-order chi connectivity index (χ0) is 24.6. The van der Waals surface area contributed by atoms with Gasteiger partial charge in [-0.1, -0.05) is 61.7 Å². The maximum absolute atomic E-state index is 13.6. The van der Waals surface area contributed by atoms with Gasteiger partial charge in [0.25, 0.3) is 0 Å². The van der Waals surface area contributed by atoms with Gasteiger partial charge in [0.15, 0.2) is 0 Å². The Morgan fingerprint density at radius 1 is 0.914 bits per heavy atom. The maximum Gasteiger partial charge on any atom is 0.217 e. The zero-order valence-corrected chi connectivity index (χ0v) is 22.0. The number of sulfonamides is 1. The van der Waals surface area contributed by atoms with E-state index in [9.17, 15) is 13.5 Å². The maximum atomic E-state index is 13.6. The Morgan fingerprint density at radius 3 is 2.34 bits per heavy atom. The smallest absolute Gasteiger partial charge is 0.217 e. The highest BCUT2D eigenvalue weighted by molar-refractivity contribution is 7.89. The van der Waals surface area contributed by atoms with E-state index in [4.69, 9.17) is 0 Å². The van der Waals surface area contributed by atoms with Crippen molar-refractivity contribution in [1.29, 1.82) is 0 Å². The Bertz CT molecular complexity index is 1130. The highest BCUT2D eigenvalue weighted by Crippen LogP contribution is 2.43. The molecule has 6 heteroatoms. The molecule has 0 radical (unpaired) electrons. The summed E-state index contributed by atoms with van der Waals surface area (Å²) in [5.74, 6) is 0.148. The van der Waals surface area contributed by atoms with E-state index in [0.29, 0.717) is 13.1 Å². The topological polar surface area (TPSA) is 60.9 Å². The van der Waals surface area contributed by atoms with Crippen molar-refractivity contribution in [2.45, 2.75) is 82.0 Å². The van der Waals surface area contributed by atoms with Crippen LogP contribution >= 0.6 is 0 Å². The number of nitrogens with zero attached hydrogens (tertiary/aromatic N) is 2. The summed E-state index contributed by atoms with van der Waals surface area (Å²) in [7, 11) is -3.28. The molecule has 35 heavy (non-hydrogen) atoms. The molecule has 1 aliphatic carbocycles. The number of aryl methyl sites for hydroxylation is 1. The monoisotopic (exact) mass is 496 g/mol. The van der Waals surface area contributed by atoms with Crippen molar-refractivity contribution in [3.63, 3.8) is 0 Å². The molecule has 0 bridgehead atoms. The van der Waals surface area contributed by atoms with Crippen LogP contribution in [0.4, 0.5) is 0 Å². The second-order valence-electron chi connectivity index (χ2n) is 10.8. The van der Waals surface area contributed by atoms with Crippen LogP contribution in [0, 0.1) is 13.8 Å². The van der Waals surface area contributed by atoms with Crippen molar-refractivity contribution in [3.8, 4) is 11.1 Å². The Kier molecular flexibility index (Phi) is 7.36. The highest BCUT2D eigenvalue weighted by atomic mass is 32.2. The summed E-state index contributed by atoms with van der Waals surface area (Å²) in [6.07, 6.45) is 6.67. The highest BCUT2D eigenvalue weighted by Gasteiger charge is 2.50. The fraction of sp³-hybridized carbons (Fsp3) is 0.586. The summed E-state index contributed by atoms with van der Waals surface area (Å²) < 4.78 is 29.0. The first kappa shape index (κ1) is 24.9. The molecular weight excluding hydrogens is 456 g/mol. The van der Waals surface area contributed by atoms with Gasteiger partial charge in [0.1, 0.15) is 0 Å². The lowest BCUT2D eigenvalue weighted by atomic mass is 9.74. The SMILES string of the molecule is Cc1cccc(-c2ccc(C3[C@@H](CO)N4CCCCN(S(=O)(=O)C5CCCCC5)C[C@@H]34)cc2)c1C. The van der Waals surface area contributed by atoms with Gasteiger partial charge in [-0.15, -0.1) is 0 Å². The fourth-order valence-electron chi connectivity index (χ4n) is 6.66. The summed E-state index contributed by atoms with van der Waals surface area (Å²) in [6, 6.07) is 15.4. The average molecular weight is 497 g/mol. The molecule has 1 unspecified atom stereocenters. The summed E-state index contributed by atoms with van der Waals surface area (Å²) in [5.41, 5.74) is 6.24. The number of hydrogen-bond donors (Lipinski definition) is 1. The van der Waals surface area contributed by atoms with Crippen LogP contribution in [-0.4, -0.2) is 66.3 Å². The molecule has 1 saturated carbocycles. The number of fused-ring (bicyclic) bond motifs is 1. The minimum absolute atomic E-state index is 0.0592. The second-order valence-corrected chi connectivity index (χ2v) is 13.0. The molecule has 190 valence electrons. The molecule has 2 aromatic carbocycles. The van der Waals surface area contributed by atoms with Crippen molar-refractivity contribution in [3.05, 3.63) is 59.2 Å². The van der Waals surface area contributed by atoms with E-state index in [1.165, 1.54) is 27.8 Å². The first-order valence-corrected chi connectivity index (χ1v) is 14.9.